The summed E-state index contributed by atoms with van der Waals surface area (Å²) in [5.74, 6) is 2.90. The summed E-state index contributed by atoms with van der Waals surface area (Å²) in [5.41, 5.74) is 1.17. The van der Waals surface area contributed by atoms with Crippen LogP contribution < -0.4 is 10.1 Å². The number of hydrogen-bond donors (Lipinski definition) is 1. The minimum absolute atomic E-state index is 0.303. The molecule has 0 aliphatic carbocycles. The molecule has 1 unspecified atom stereocenters. The van der Waals surface area contributed by atoms with Crippen LogP contribution in [-0.2, 0) is 0 Å². The fourth-order valence-corrected chi connectivity index (χ4v) is 2.16. The van der Waals surface area contributed by atoms with Crippen molar-refractivity contribution in [2.24, 2.45) is 0 Å². The maximum absolute atomic E-state index is 6.18. The molecule has 0 bridgehead atoms. The molecule has 0 amide bonds. The van der Waals surface area contributed by atoms with Gasteiger partial charge >= 0.3 is 0 Å². The van der Waals surface area contributed by atoms with E-state index >= 15 is 0 Å². The molecule has 0 aromatic heterocycles. The van der Waals surface area contributed by atoms with Gasteiger partial charge in [0.1, 0.15) is 5.75 Å². The number of nitrogens with one attached hydrogen (secondary N) is 1. The van der Waals surface area contributed by atoms with Crippen molar-refractivity contribution >= 4 is 23.4 Å². The predicted octanol–water partition coefficient (Wildman–Crippen LogP) is 3.75. The van der Waals surface area contributed by atoms with E-state index in [4.69, 9.17) is 16.3 Å². The first-order chi connectivity index (χ1) is 8.19. The first-order valence-electron chi connectivity index (χ1n) is 5.86. The van der Waals surface area contributed by atoms with Gasteiger partial charge in [-0.15, -0.1) is 0 Å². The van der Waals surface area contributed by atoms with Gasteiger partial charge in [0.25, 0.3) is 0 Å². The maximum Gasteiger partial charge on any atom is 0.137 e. The van der Waals surface area contributed by atoms with E-state index in [1.165, 1.54) is 5.56 Å². The molecular weight excluding hydrogens is 254 g/mol. The Bertz CT molecular complexity index is 346. The highest BCUT2D eigenvalue weighted by molar-refractivity contribution is 7.99. The van der Waals surface area contributed by atoms with E-state index in [9.17, 15) is 0 Å². The zero-order chi connectivity index (χ0) is 12.7. The Morgan fingerprint density at radius 1 is 1.47 bits per heavy atom. The standard InChI is InChI=1S/C13H20ClNOS/c1-4-17-8-7-16-13-6-5-11(9-12(13)14)10(2)15-3/h5-6,9-10,15H,4,7-8H2,1-3H3. The largest absolute Gasteiger partial charge is 0.491 e. The van der Waals surface area contributed by atoms with Crippen molar-refractivity contribution in [1.29, 1.82) is 0 Å². The molecule has 0 spiro atoms. The molecule has 0 heterocycles. The van der Waals surface area contributed by atoms with Gasteiger partial charge in [0, 0.05) is 11.8 Å². The first-order valence-corrected chi connectivity index (χ1v) is 7.39. The van der Waals surface area contributed by atoms with Gasteiger partial charge in [-0.2, -0.15) is 11.8 Å². The second-order valence-electron chi connectivity index (χ2n) is 3.75. The summed E-state index contributed by atoms with van der Waals surface area (Å²) in [7, 11) is 1.94. The number of hydrogen-bond acceptors (Lipinski definition) is 3. The van der Waals surface area contributed by atoms with Crippen LogP contribution in [0, 0.1) is 0 Å². The van der Waals surface area contributed by atoms with Crippen LogP contribution in [0.15, 0.2) is 18.2 Å². The number of thioether (sulfide) groups is 1. The Morgan fingerprint density at radius 2 is 2.24 bits per heavy atom. The molecule has 0 fully saturated rings. The monoisotopic (exact) mass is 273 g/mol. The molecule has 0 saturated carbocycles. The topological polar surface area (TPSA) is 21.3 Å². The fraction of sp³-hybridized carbons (Fsp3) is 0.538. The molecule has 0 aliphatic heterocycles. The average molecular weight is 274 g/mol. The van der Waals surface area contributed by atoms with Crippen molar-refractivity contribution < 1.29 is 4.74 Å². The molecule has 0 radical (unpaired) electrons. The highest BCUT2D eigenvalue weighted by Gasteiger charge is 2.07. The van der Waals surface area contributed by atoms with E-state index in [0.717, 1.165) is 17.3 Å². The van der Waals surface area contributed by atoms with Crippen LogP contribution in [-0.4, -0.2) is 25.2 Å². The summed E-state index contributed by atoms with van der Waals surface area (Å²) < 4.78 is 5.63. The zero-order valence-electron chi connectivity index (χ0n) is 10.6. The van der Waals surface area contributed by atoms with Gasteiger partial charge in [0.2, 0.25) is 0 Å². The summed E-state index contributed by atoms with van der Waals surface area (Å²) >= 11 is 8.05. The van der Waals surface area contributed by atoms with E-state index in [1.54, 1.807) is 0 Å². The van der Waals surface area contributed by atoms with Gasteiger partial charge in [0.15, 0.2) is 0 Å². The van der Waals surface area contributed by atoms with Crippen LogP contribution >= 0.6 is 23.4 Å². The van der Waals surface area contributed by atoms with Crippen LogP contribution in [0.3, 0.4) is 0 Å². The average Bonchev–Trinajstić information content (AvgIpc) is 2.35. The molecule has 2 nitrogen and oxygen atoms in total. The lowest BCUT2D eigenvalue weighted by molar-refractivity contribution is 0.344. The fourth-order valence-electron chi connectivity index (χ4n) is 1.43. The van der Waals surface area contributed by atoms with Crippen LogP contribution in [0.2, 0.25) is 5.02 Å². The normalized spacial score (nSPS) is 12.5. The van der Waals surface area contributed by atoms with Crippen molar-refractivity contribution in [3.8, 4) is 5.75 Å². The smallest absolute Gasteiger partial charge is 0.137 e. The molecule has 4 heteroatoms. The molecule has 1 rings (SSSR count). The highest BCUT2D eigenvalue weighted by atomic mass is 35.5. The number of halogens is 1. The summed E-state index contributed by atoms with van der Waals surface area (Å²) in [6, 6.07) is 6.26. The van der Waals surface area contributed by atoms with E-state index in [0.29, 0.717) is 17.7 Å². The Labute approximate surface area is 113 Å². The van der Waals surface area contributed by atoms with Crippen molar-refractivity contribution in [1.82, 2.24) is 5.32 Å². The molecule has 0 saturated heterocycles. The summed E-state index contributed by atoms with van der Waals surface area (Å²) in [6.45, 7) is 4.95. The van der Waals surface area contributed by atoms with Gasteiger partial charge in [-0.05, 0) is 37.4 Å². The van der Waals surface area contributed by atoms with Gasteiger partial charge in [-0.25, -0.2) is 0 Å². The number of ether oxygens (including phenoxy) is 1. The summed E-state index contributed by atoms with van der Waals surface area (Å²) in [5, 5.41) is 3.87. The summed E-state index contributed by atoms with van der Waals surface area (Å²) in [4.78, 5) is 0. The Balaban J connectivity index is 2.57. The predicted molar refractivity (Wildman–Crippen MR) is 77.4 cm³/mol. The minimum atomic E-state index is 0.303. The maximum atomic E-state index is 6.18. The molecule has 1 aromatic rings. The van der Waals surface area contributed by atoms with Crippen LogP contribution in [0.1, 0.15) is 25.5 Å². The first kappa shape index (κ1) is 14.7. The van der Waals surface area contributed by atoms with E-state index in [-0.39, 0.29) is 0 Å². The third-order valence-corrected chi connectivity index (χ3v) is 3.74. The third kappa shape index (κ3) is 4.78. The zero-order valence-corrected chi connectivity index (χ0v) is 12.2. The number of rotatable bonds is 7. The lowest BCUT2D eigenvalue weighted by Gasteiger charge is -2.13. The number of benzene rings is 1. The second kappa shape index (κ2) is 7.85. The third-order valence-electron chi connectivity index (χ3n) is 2.58. The van der Waals surface area contributed by atoms with E-state index < -0.39 is 0 Å². The van der Waals surface area contributed by atoms with Crippen molar-refractivity contribution in [2.75, 3.05) is 25.2 Å². The Hall–Kier alpha value is -0.380. The molecule has 1 N–H and O–H groups in total. The molecule has 96 valence electrons. The van der Waals surface area contributed by atoms with Crippen molar-refractivity contribution in [3.05, 3.63) is 28.8 Å². The van der Waals surface area contributed by atoms with Gasteiger partial charge in [-0.3, -0.25) is 0 Å². The molecule has 0 aliphatic rings. The quantitative estimate of drug-likeness (QED) is 0.765. The lowest BCUT2D eigenvalue weighted by atomic mass is 10.1. The van der Waals surface area contributed by atoms with Crippen molar-refractivity contribution in [3.63, 3.8) is 0 Å². The lowest BCUT2D eigenvalue weighted by Crippen LogP contribution is -2.12. The minimum Gasteiger partial charge on any atom is -0.491 e. The molecule has 1 atom stereocenters. The van der Waals surface area contributed by atoms with Crippen LogP contribution in [0.4, 0.5) is 0 Å². The molecular formula is C13H20ClNOS. The van der Waals surface area contributed by atoms with Gasteiger partial charge in [0.05, 0.1) is 11.6 Å². The Morgan fingerprint density at radius 3 is 2.82 bits per heavy atom. The van der Waals surface area contributed by atoms with Gasteiger partial charge in [-0.1, -0.05) is 24.6 Å². The molecule has 17 heavy (non-hydrogen) atoms. The second-order valence-corrected chi connectivity index (χ2v) is 5.55. The van der Waals surface area contributed by atoms with Crippen LogP contribution in [0.25, 0.3) is 0 Å². The summed E-state index contributed by atoms with van der Waals surface area (Å²) in [6.07, 6.45) is 0. The SMILES string of the molecule is CCSCCOc1ccc(C(C)NC)cc1Cl. The van der Waals surface area contributed by atoms with Crippen molar-refractivity contribution in [2.45, 2.75) is 19.9 Å². The van der Waals surface area contributed by atoms with E-state index in [1.807, 2.05) is 30.9 Å². The molecule has 1 aromatic carbocycles. The van der Waals surface area contributed by atoms with E-state index in [2.05, 4.69) is 25.2 Å². The Kier molecular flexibility index (Phi) is 6.78. The van der Waals surface area contributed by atoms with Gasteiger partial charge < -0.3 is 10.1 Å². The van der Waals surface area contributed by atoms with Crippen LogP contribution in [0.5, 0.6) is 5.75 Å². The highest BCUT2D eigenvalue weighted by Crippen LogP contribution is 2.27.